The molecular weight excluding hydrogens is 346 g/mol. The Hall–Kier alpha value is -3.35. The lowest BCUT2D eigenvalue weighted by Gasteiger charge is -2.11. The van der Waals surface area contributed by atoms with E-state index in [1.54, 1.807) is 24.3 Å². The van der Waals surface area contributed by atoms with E-state index in [1.807, 2.05) is 38.1 Å². The van der Waals surface area contributed by atoms with Gasteiger partial charge in [-0.25, -0.2) is 5.43 Å². The summed E-state index contributed by atoms with van der Waals surface area (Å²) in [4.78, 5) is 24.0. The highest BCUT2D eigenvalue weighted by molar-refractivity contribution is 5.98. The molecule has 0 aliphatic carbocycles. The van der Waals surface area contributed by atoms with E-state index in [2.05, 4.69) is 15.8 Å². The summed E-state index contributed by atoms with van der Waals surface area (Å²) in [6, 6.07) is 14.2. The Morgan fingerprint density at radius 2 is 1.74 bits per heavy atom. The van der Waals surface area contributed by atoms with Crippen LogP contribution in [0.15, 0.2) is 53.6 Å². The summed E-state index contributed by atoms with van der Waals surface area (Å²) in [5.41, 5.74) is 3.47. The molecule has 0 heterocycles. The second-order valence-corrected chi connectivity index (χ2v) is 5.88. The van der Waals surface area contributed by atoms with Gasteiger partial charge in [-0.15, -0.1) is 0 Å². The lowest BCUT2D eigenvalue weighted by molar-refractivity contribution is -0.120. The molecule has 0 aliphatic rings. The van der Waals surface area contributed by atoms with Gasteiger partial charge in [-0.2, -0.15) is 5.10 Å². The molecule has 0 fully saturated rings. The molecule has 27 heavy (non-hydrogen) atoms. The van der Waals surface area contributed by atoms with Gasteiger partial charge in [0.1, 0.15) is 11.5 Å². The molecule has 2 amide bonds. The van der Waals surface area contributed by atoms with Crippen LogP contribution >= 0.6 is 0 Å². The van der Waals surface area contributed by atoms with E-state index >= 15 is 0 Å². The van der Waals surface area contributed by atoms with E-state index in [-0.39, 0.29) is 12.6 Å². The Balaban J connectivity index is 1.88. The molecule has 7 heteroatoms. The number of benzene rings is 2. The number of hydrazone groups is 1. The van der Waals surface area contributed by atoms with Crippen molar-refractivity contribution in [2.75, 3.05) is 13.7 Å². The van der Waals surface area contributed by atoms with Gasteiger partial charge >= 0.3 is 0 Å². The largest absolute Gasteiger partial charge is 0.496 e. The van der Waals surface area contributed by atoms with Gasteiger partial charge < -0.3 is 14.8 Å². The van der Waals surface area contributed by atoms with Crippen LogP contribution in [0.2, 0.25) is 0 Å². The zero-order valence-corrected chi connectivity index (χ0v) is 15.6. The number of carbonyl (C=O) groups is 2. The maximum atomic E-state index is 12.1. The molecule has 0 atom stereocenters. The number of rotatable bonds is 8. The third-order valence-electron chi connectivity index (χ3n) is 3.44. The third kappa shape index (κ3) is 6.14. The van der Waals surface area contributed by atoms with Crippen LogP contribution in [0.1, 0.15) is 29.8 Å². The van der Waals surface area contributed by atoms with Crippen LogP contribution in [0.4, 0.5) is 0 Å². The van der Waals surface area contributed by atoms with Crippen LogP contribution in [-0.2, 0) is 4.79 Å². The molecule has 142 valence electrons. The molecule has 0 aliphatic heterocycles. The highest BCUT2D eigenvalue weighted by Gasteiger charge is 2.12. The quantitative estimate of drug-likeness (QED) is 0.552. The lowest BCUT2D eigenvalue weighted by Crippen LogP contribution is -2.35. The van der Waals surface area contributed by atoms with Crippen LogP contribution in [0.5, 0.6) is 11.5 Å². The summed E-state index contributed by atoms with van der Waals surface area (Å²) in [6.45, 7) is 3.65. The Labute approximate surface area is 158 Å². The number of hydrogen-bond donors (Lipinski definition) is 2. The number of methoxy groups -OCH3 is 1. The number of hydrogen-bond acceptors (Lipinski definition) is 5. The smallest absolute Gasteiger partial charge is 0.259 e. The molecule has 0 aromatic heterocycles. The molecular formula is C20H23N3O4. The maximum absolute atomic E-state index is 12.1. The van der Waals surface area contributed by atoms with Gasteiger partial charge in [-0.1, -0.05) is 24.3 Å². The van der Waals surface area contributed by atoms with Crippen LogP contribution < -0.4 is 20.2 Å². The van der Waals surface area contributed by atoms with Gasteiger partial charge in [0.05, 0.1) is 31.5 Å². The van der Waals surface area contributed by atoms with Crippen LogP contribution in [0.25, 0.3) is 0 Å². The summed E-state index contributed by atoms with van der Waals surface area (Å²) in [7, 11) is 1.48. The number of ether oxygens (including phenoxy) is 2. The number of carbonyl (C=O) groups excluding carboxylic acids is 2. The second kappa shape index (κ2) is 9.96. The van der Waals surface area contributed by atoms with Crippen molar-refractivity contribution in [3.63, 3.8) is 0 Å². The SMILES string of the molecule is COc1ccccc1C(=O)NCC(=O)NN=Cc1ccccc1OC(C)C. The van der Waals surface area contributed by atoms with Crippen LogP contribution in [0.3, 0.4) is 0 Å². The zero-order valence-electron chi connectivity index (χ0n) is 15.6. The minimum Gasteiger partial charge on any atom is -0.496 e. The number of para-hydroxylation sites is 2. The molecule has 0 bridgehead atoms. The lowest BCUT2D eigenvalue weighted by atomic mass is 10.2. The van der Waals surface area contributed by atoms with Crippen molar-refractivity contribution in [1.82, 2.24) is 10.7 Å². The first-order valence-electron chi connectivity index (χ1n) is 8.50. The topological polar surface area (TPSA) is 89.0 Å². The van der Waals surface area contributed by atoms with Gasteiger partial charge in [-0.05, 0) is 38.1 Å². The Kier molecular flexibility index (Phi) is 7.37. The minimum absolute atomic E-state index is 0.0272. The van der Waals surface area contributed by atoms with Crippen LogP contribution in [-0.4, -0.2) is 37.8 Å². The predicted octanol–water partition coefficient (Wildman–Crippen LogP) is 2.36. The standard InChI is InChI=1S/C20H23N3O4/c1-14(2)27-17-10-6-4-8-15(17)12-22-23-19(24)13-21-20(25)16-9-5-7-11-18(16)26-3/h4-12,14H,13H2,1-3H3,(H,21,25)(H,23,24). The first kappa shape index (κ1) is 20.0. The van der Waals surface area contributed by atoms with Crippen molar-refractivity contribution < 1.29 is 19.1 Å². The molecule has 0 radical (unpaired) electrons. The van der Waals surface area contributed by atoms with E-state index in [9.17, 15) is 9.59 Å². The fourth-order valence-electron chi connectivity index (χ4n) is 2.25. The predicted molar refractivity (Wildman–Crippen MR) is 103 cm³/mol. The fraction of sp³-hybridized carbons (Fsp3) is 0.250. The Bertz CT molecular complexity index is 818. The van der Waals surface area contributed by atoms with E-state index in [0.717, 1.165) is 5.56 Å². The van der Waals surface area contributed by atoms with Crippen molar-refractivity contribution in [1.29, 1.82) is 0 Å². The number of nitrogens with zero attached hydrogens (tertiary/aromatic N) is 1. The summed E-state index contributed by atoms with van der Waals surface area (Å²) in [6.07, 6.45) is 1.52. The van der Waals surface area contributed by atoms with Crippen molar-refractivity contribution in [3.05, 3.63) is 59.7 Å². The monoisotopic (exact) mass is 369 g/mol. The number of amides is 2. The molecule has 0 spiro atoms. The second-order valence-electron chi connectivity index (χ2n) is 5.88. The molecule has 2 aromatic carbocycles. The molecule has 0 saturated heterocycles. The first-order valence-corrected chi connectivity index (χ1v) is 8.50. The molecule has 2 aromatic rings. The van der Waals surface area contributed by atoms with E-state index in [1.165, 1.54) is 13.3 Å². The molecule has 2 rings (SSSR count). The van der Waals surface area contributed by atoms with Gasteiger partial charge in [0.2, 0.25) is 0 Å². The van der Waals surface area contributed by atoms with Crippen molar-refractivity contribution in [2.24, 2.45) is 5.10 Å². The van der Waals surface area contributed by atoms with Crippen LogP contribution in [0, 0.1) is 0 Å². The molecule has 0 unspecified atom stereocenters. The average molecular weight is 369 g/mol. The highest BCUT2D eigenvalue weighted by Crippen LogP contribution is 2.17. The Morgan fingerprint density at radius 3 is 2.44 bits per heavy atom. The van der Waals surface area contributed by atoms with E-state index in [0.29, 0.717) is 17.1 Å². The first-order chi connectivity index (χ1) is 13.0. The molecule has 2 N–H and O–H groups in total. The fourth-order valence-corrected chi connectivity index (χ4v) is 2.25. The summed E-state index contributed by atoms with van der Waals surface area (Å²) in [5, 5.41) is 6.44. The van der Waals surface area contributed by atoms with Gasteiger partial charge in [0.15, 0.2) is 0 Å². The summed E-state index contributed by atoms with van der Waals surface area (Å²) >= 11 is 0. The van der Waals surface area contributed by atoms with Gasteiger partial charge in [0.25, 0.3) is 11.8 Å². The van der Waals surface area contributed by atoms with Crippen molar-refractivity contribution >= 4 is 18.0 Å². The summed E-state index contributed by atoms with van der Waals surface area (Å²) in [5.74, 6) is 0.268. The van der Waals surface area contributed by atoms with Crippen molar-refractivity contribution in [3.8, 4) is 11.5 Å². The average Bonchev–Trinajstić information content (AvgIpc) is 2.67. The molecule has 0 saturated carbocycles. The number of nitrogens with one attached hydrogen (secondary N) is 2. The summed E-state index contributed by atoms with van der Waals surface area (Å²) < 4.78 is 10.8. The van der Waals surface area contributed by atoms with Gasteiger partial charge in [0, 0.05) is 5.56 Å². The normalized spacial score (nSPS) is 10.7. The third-order valence-corrected chi connectivity index (χ3v) is 3.44. The van der Waals surface area contributed by atoms with E-state index < -0.39 is 11.8 Å². The zero-order chi connectivity index (χ0) is 19.6. The maximum Gasteiger partial charge on any atom is 0.259 e. The molecule has 7 nitrogen and oxygen atoms in total. The minimum atomic E-state index is -0.447. The van der Waals surface area contributed by atoms with Gasteiger partial charge in [-0.3, -0.25) is 9.59 Å². The Morgan fingerprint density at radius 1 is 1.07 bits per heavy atom. The van der Waals surface area contributed by atoms with E-state index in [4.69, 9.17) is 9.47 Å². The van der Waals surface area contributed by atoms with Crippen molar-refractivity contribution in [2.45, 2.75) is 20.0 Å². The highest BCUT2D eigenvalue weighted by atomic mass is 16.5.